The quantitative estimate of drug-likeness (QED) is 0.0417. The summed E-state index contributed by atoms with van der Waals surface area (Å²) < 4.78 is 56.1. The zero-order chi connectivity index (χ0) is 49.1. The lowest BCUT2D eigenvalue weighted by molar-refractivity contribution is -0.364. The van der Waals surface area contributed by atoms with E-state index in [2.05, 4.69) is 0 Å². The summed E-state index contributed by atoms with van der Waals surface area (Å²) in [6.07, 6.45) is -24.7. The zero-order valence-corrected chi connectivity index (χ0v) is 36.1. The molecule has 24 nitrogen and oxygen atoms in total. The molecule has 0 saturated carbocycles. The summed E-state index contributed by atoms with van der Waals surface area (Å²) in [5, 5.41) is 137. The number of aromatic hydroxyl groups is 4. The molecule has 3 fully saturated rings. The highest BCUT2D eigenvalue weighted by Crippen LogP contribution is 2.48. The van der Waals surface area contributed by atoms with Gasteiger partial charge in [-0.15, -0.1) is 0 Å². The van der Waals surface area contributed by atoms with Crippen LogP contribution in [0.25, 0.3) is 12.2 Å². The molecule has 16 atom stereocenters. The van der Waals surface area contributed by atoms with E-state index in [4.69, 9.17) is 47.4 Å². The molecule has 0 aliphatic carbocycles. The highest BCUT2D eigenvalue weighted by atomic mass is 16.8. The van der Waals surface area contributed by atoms with Gasteiger partial charge in [0.25, 0.3) is 11.9 Å². The first kappa shape index (κ1) is 50.3. The van der Waals surface area contributed by atoms with E-state index in [1.54, 1.807) is 0 Å². The maximum absolute atomic E-state index is 12.9. The predicted octanol–water partition coefficient (Wildman–Crippen LogP) is -2.76. The average molecular weight is 966 g/mol. The molecule has 7 rings (SSSR count). The van der Waals surface area contributed by atoms with Crippen LogP contribution < -0.4 is 14.2 Å². The molecule has 3 aromatic carbocycles. The first-order chi connectivity index (χ1) is 32.5. The van der Waals surface area contributed by atoms with Crippen LogP contribution in [-0.4, -0.2) is 203 Å². The van der Waals surface area contributed by atoms with Gasteiger partial charge in [-0.25, -0.2) is 4.79 Å². The molecule has 0 radical (unpaired) electrons. The molecule has 4 heterocycles. The number of ether oxygens (including phenoxy) is 10. The Morgan fingerprint density at radius 1 is 0.647 bits per heavy atom. The lowest BCUT2D eigenvalue weighted by atomic mass is 9.97. The van der Waals surface area contributed by atoms with Gasteiger partial charge in [-0.2, -0.15) is 0 Å². The minimum Gasteiger partial charge on any atom is -0.571 e. The van der Waals surface area contributed by atoms with Gasteiger partial charge >= 0.3 is 5.97 Å². The van der Waals surface area contributed by atoms with Crippen molar-refractivity contribution in [3.63, 3.8) is 0 Å². The summed E-state index contributed by atoms with van der Waals surface area (Å²) in [5.74, 6) is -2.08. The first-order valence-electron chi connectivity index (χ1n) is 21.0. The van der Waals surface area contributed by atoms with E-state index >= 15 is 0 Å². The van der Waals surface area contributed by atoms with Crippen LogP contribution in [0, 0.1) is 0 Å². The van der Waals surface area contributed by atoms with Crippen LogP contribution in [0.1, 0.15) is 22.8 Å². The van der Waals surface area contributed by atoms with E-state index in [1.807, 2.05) is 0 Å². The van der Waals surface area contributed by atoms with Crippen LogP contribution in [0.4, 0.5) is 0 Å². The predicted molar refractivity (Wildman–Crippen MR) is 225 cm³/mol. The monoisotopic (exact) mass is 965 g/mol. The second-order valence-corrected chi connectivity index (χ2v) is 16.0. The number of phenolic OH excluding ortho intramolecular Hbond substituents is 3. The van der Waals surface area contributed by atoms with Gasteiger partial charge in [0, 0.05) is 18.2 Å². The van der Waals surface area contributed by atoms with Crippen LogP contribution >= 0.6 is 0 Å². The number of aliphatic hydroxyl groups excluding tert-OH is 10. The number of benzene rings is 3. The largest absolute Gasteiger partial charge is 0.571 e. The standard InChI is InChI=1S/C44H52O24/c1-59-25-9-17(3-6-21(25)48)4-8-31(50)61-16-30-34(53)37(56)41(68-43-39(58)36(55)33(52)29(15-46)66-43)44(67-30)64-27-13-20-23(62-40(27)18-5-7-22(49)26(10-18)60-2)11-19(47)12-24(20)63-42-38(57)35(54)32(51)28(14-45)65-42/h3-13,28-30,32-49,51-58H,14-16H2,1-2H3/p+1. The molecule has 68 heavy (non-hydrogen) atoms. The molecule has 4 aliphatic rings. The van der Waals surface area contributed by atoms with Gasteiger partial charge in [0.05, 0.1) is 39.1 Å². The number of esters is 1. The Morgan fingerprint density at radius 3 is 1.88 bits per heavy atom. The Hall–Kier alpha value is -5.55. The summed E-state index contributed by atoms with van der Waals surface area (Å²) in [6, 6.07) is 10.7. The third-order valence-corrected chi connectivity index (χ3v) is 11.6. The number of aliphatic hydroxyl groups is 11. The number of hydrogen-bond donors (Lipinski definition) is 13. The van der Waals surface area contributed by atoms with Crippen molar-refractivity contribution in [2.24, 2.45) is 0 Å². The molecule has 3 aromatic rings. The normalized spacial score (nSPS) is 33.7. The lowest BCUT2D eigenvalue weighted by Gasteiger charge is -2.46. The molecule has 16 unspecified atom stereocenters. The van der Waals surface area contributed by atoms with Crippen LogP contribution in [-0.2, 0) is 33.2 Å². The molecule has 14 N–H and O–H groups in total. The number of fused-ring (bicyclic) bond motifs is 1. The van der Waals surface area contributed by atoms with Gasteiger partial charge in [-0.1, -0.05) is 6.07 Å². The second-order valence-electron chi connectivity index (χ2n) is 16.0. The topological polar surface area (TPSA) is 376 Å². The van der Waals surface area contributed by atoms with Crippen molar-refractivity contribution in [1.29, 1.82) is 0 Å². The number of hydrogen-bond acceptors (Lipinski definition) is 23. The minimum absolute atomic E-state index is 0.0119. The lowest BCUT2D eigenvalue weighted by Crippen LogP contribution is -2.64. The van der Waals surface area contributed by atoms with Crippen LogP contribution in [0.2, 0.25) is 0 Å². The van der Waals surface area contributed by atoms with Crippen LogP contribution in [0.3, 0.4) is 0 Å². The van der Waals surface area contributed by atoms with Gasteiger partial charge in [0.15, 0.2) is 41.2 Å². The number of rotatable bonds is 15. The molecule has 0 spiro atoms. The number of carbonyl (C=O) groups is 1. The van der Waals surface area contributed by atoms with E-state index in [0.29, 0.717) is 5.56 Å². The fourth-order valence-electron chi connectivity index (χ4n) is 7.79. The van der Waals surface area contributed by atoms with Crippen molar-refractivity contribution < 1.29 is 119 Å². The highest BCUT2D eigenvalue weighted by molar-refractivity contribution is 5.87. The fourth-order valence-corrected chi connectivity index (χ4v) is 7.79. The van der Waals surface area contributed by atoms with E-state index in [9.17, 15) is 71.2 Å². The van der Waals surface area contributed by atoms with E-state index in [0.717, 1.165) is 12.1 Å². The highest BCUT2D eigenvalue weighted by Gasteiger charge is 2.53. The van der Waals surface area contributed by atoms with Crippen molar-refractivity contribution in [1.82, 2.24) is 0 Å². The van der Waals surface area contributed by atoms with Crippen molar-refractivity contribution >= 4 is 18.1 Å². The Kier molecular flexibility index (Phi) is 15.8. The molecule has 24 heteroatoms. The van der Waals surface area contributed by atoms with Crippen molar-refractivity contribution in [3.8, 4) is 40.2 Å². The van der Waals surface area contributed by atoms with Gasteiger partial charge in [-0.05, 0) is 42.0 Å². The molecule has 0 aromatic heterocycles. The molecule has 0 amide bonds. The molecular weight excluding hydrogens is 912 g/mol. The maximum atomic E-state index is 12.9. The van der Waals surface area contributed by atoms with E-state index in [-0.39, 0.29) is 51.4 Å². The summed E-state index contributed by atoms with van der Waals surface area (Å²) >= 11 is 0. The summed E-state index contributed by atoms with van der Waals surface area (Å²) in [6.45, 7) is -2.36. The zero-order valence-electron chi connectivity index (χ0n) is 36.1. The number of methoxy groups -OCH3 is 2. The van der Waals surface area contributed by atoms with Gasteiger partial charge in [-0.3, -0.25) is 0 Å². The summed E-state index contributed by atoms with van der Waals surface area (Å²) in [5.41, 5.74) is 0.721. The Labute approximate surface area is 385 Å². The smallest absolute Gasteiger partial charge is 0.330 e. The van der Waals surface area contributed by atoms with Crippen LogP contribution in [0.5, 0.6) is 40.2 Å². The van der Waals surface area contributed by atoms with Gasteiger partial charge in [0.1, 0.15) is 90.8 Å². The van der Waals surface area contributed by atoms with Crippen LogP contribution in [0.15, 0.2) is 60.4 Å². The molecule has 3 saturated heterocycles. The third-order valence-electron chi connectivity index (χ3n) is 11.6. The summed E-state index contributed by atoms with van der Waals surface area (Å²) in [4.78, 5) is 12.9. The van der Waals surface area contributed by atoms with Crippen molar-refractivity contribution in [3.05, 3.63) is 77.1 Å². The van der Waals surface area contributed by atoms with Gasteiger partial charge in [0.2, 0.25) is 12.6 Å². The Bertz CT molecular complexity index is 2290. The fraction of sp³-hybridized carbons (Fsp3) is 0.477. The molecule has 4 aliphatic heterocycles. The van der Waals surface area contributed by atoms with Crippen molar-refractivity contribution in [2.45, 2.75) is 98.2 Å². The van der Waals surface area contributed by atoms with Gasteiger partial charge < -0.3 is 114 Å². The third kappa shape index (κ3) is 10.5. The molecule has 0 bridgehead atoms. The maximum Gasteiger partial charge on any atom is 0.330 e. The first-order valence-corrected chi connectivity index (χ1v) is 21.0. The van der Waals surface area contributed by atoms with Crippen molar-refractivity contribution in [2.75, 3.05) is 34.0 Å². The Morgan fingerprint density at radius 2 is 1.24 bits per heavy atom. The minimum atomic E-state index is -2.05. The Balaban J connectivity index is 1.25. The summed E-state index contributed by atoms with van der Waals surface area (Å²) in [7, 11) is 2.63. The average Bonchev–Trinajstić information content (AvgIpc) is 3.33. The number of carbonyl (C=O) groups excluding carboxylic acids is 1. The van der Waals surface area contributed by atoms with E-state index in [1.165, 1.54) is 68.8 Å². The SMILES string of the molecule is COc1cc(C=CC(=O)OCC2OC(OC3=Cc4c(OC5OC(CO)C(O)C(O)C5O)cc(O)cc4[OH+]C3c3ccc(O)c(OC)c3)C(OC3OC(CO)C(O)C(O)C3O)C(O)C2O)ccc1O. The molecule has 372 valence electrons. The van der Waals surface area contributed by atoms with E-state index < -0.39 is 130 Å². The number of phenols is 3. The second kappa shape index (κ2) is 21.4. The molecular formula is C44H53O24+.